The molecule has 0 saturated carbocycles. The first kappa shape index (κ1) is 24.1. The fourth-order valence-electron chi connectivity index (χ4n) is 4.07. The van der Waals surface area contributed by atoms with Crippen molar-refractivity contribution < 1.29 is 36.9 Å². The molecule has 2 heterocycles. The van der Waals surface area contributed by atoms with Gasteiger partial charge in [-0.05, 0) is 41.1 Å². The van der Waals surface area contributed by atoms with Gasteiger partial charge in [-0.25, -0.2) is 9.07 Å². The number of benzene rings is 1. The standard InChI is InChI=1S/C20H23BrF4N2O4/c1-9-16(29-3)18(10(2)28)31-19(17(9)30-4)14-5-6-26-27(14)15-8-12(21)13(22)7-11(15)20(23,24)25/h5-10,16-19,28H,1-4H3/t9?,10?,16-,17?,18?,19+/m1/s1. The highest BCUT2D eigenvalue weighted by Gasteiger charge is 2.47. The molecular weight excluding hydrogens is 488 g/mol. The van der Waals surface area contributed by atoms with Crippen LogP contribution in [0.3, 0.4) is 0 Å². The van der Waals surface area contributed by atoms with Crippen LogP contribution in [0.4, 0.5) is 17.6 Å². The summed E-state index contributed by atoms with van der Waals surface area (Å²) in [5.74, 6) is -1.31. The highest BCUT2D eigenvalue weighted by atomic mass is 79.9. The molecule has 1 aromatic carbocycles. The van der Waals surface area contributed by atoms with E-state index in [2.05, 4.69) is 21.0 Å². The quantitative estimate of drug-likeness (QED) is 0.608. The third-order valence-corrected chi connectivity index (χ3v) is 6.13. The van der Waals surface area contributed by atoms with Gasteiger partial charge in [0.1, 0.15) is 18.0 Å². The number of alkyl halides is 3. The molecule has 0 bridgehead atoms. The molecule has 3 rings (SSSR count). The number of rotatable bonds is 5. The first-order valence-corrected chi connectivity index (χ1v) is 10.3. The molecule has 0 amide bonds. The van der Waals surface area contributed by atoms with E-state index >= 15 is 0 Å². The number of hydrogen-bond acceptors (Lipinski definition) is 5. The molecule has 172 valence electrons. The van der Waals surface area contributed by atoms with E-state index in [-0.39, 0.29) is 21.8 Å². The Morgan fingerprint density at radius 1 is 1.23 bits per heavy atom. The first-order chi connectivity index (χ1) is 14.5. The maximum atomic E-state index is 13.9. The Morgan fingerprint density at radius 3 is 2.42 bits per heavy atom. The topological polar surface area (TPSA) is 65.7 Å². The average molecular weight is 511 g/mol. The second-order valence-electron chi connectivity index (χ2n) is 7.47. The number of halogens is 5. The van der Waals surface area contributed by atoms with E-state index in [1.165, 1.54) is 26.5 Å². The molecule has 1 aliphatic heterocycles. The third-order valence-electron chi connectivity index (χ3n) is 5.52. The SMILES string of the molecule is COC1C(C)[C@@H](OC)C(C(C)O)O[C@H]1c1ccnn1-c1cc(Br)c(F)cc1C(F)(F)F. The lowest BCUT2D eigenvalue weighted by molar-refractivity contribution is -0.235. The summed E-state index contributed by atoms with van der Waals surface area (Å²) in [5, 5.41) is 14.3. The predicted octanol–water partition coefficient (Wildman–Crippen LogP) is 4.28. The van der Waals surface area contributed by atoms with Crippen LogP contribution in [-0.2, 0) is 20.4 Å². The Hall–Kier alpha value is -1.53. The fourth-order valence-corrected chi connectivity index (χ4v) is 4.40. The summed E-state index contributed by atoms with van der Waals surface area (Å²) in [4.78, 5) is 0. The summed E-state index contributed by atoms with van der Waals surface area (Å²) < 4.78 is 73.0. The van der Waals surface area contributed by atoms with Crippen LogP contribution in [0.25, 0.3) is 5.69 Å². The molecule has 4 unspecified atom stereocenters. The lowest BCUT2D eigenvalue weighted by atomic mass is 9.84. The van der Waals surface area contributed by atoms with Crippen LogP contribution < -0.4 is 0 Å². The fraction of sp³-hybridized carbons (Fsp3) is 0.550. The van der Waals surface area contributed by atoms with Crippen LogP contribution in [-0.4, -0.2) is 53.5 Å². The second-order valence-corrected chi connectivity index (χ2v) is 8.33. The molecule has 1 aliphatic rings. The number of nitrogens with zero attached hydrogens (tertiary/aromatic N) is 2. The Labute approximate surface area is 185 Å². The molecule has 0 aliphatic carbocycles. The largest absolute Gasteiger partial charge is 0.418 e. The smallest absolute Gasteiger partial charge is 0.391 e. The minimum absolute atomic E-state index is 0.139. The van der Waals surface area contributed by atoms with Crippen LogP contribution in [0.1, 0.15) is 31.2 Å². The maximum absolute atomic E-state index is 13.9. The van der Waals surface area contributed by atoms with Gasteiger partial charge in [-0.15, -0.1) is 0 Å². The number of aliphatic hydroxyl groups excluding tert-OH is 1. The molecule has 2 aromatic rings. The van der Waals surface area contributed by atoms with Gasteiger partial charge >= 0.3 is 6.18 Å². The second kappa shape index (κ2) is 9.14. The zero-order chi connectivity index (χ0) is 23.1. The summed E-state index contributed by atoms with van der Waals surface area (Å²) in [6, 6.07) is 2.95. The van der Waals surface area contributed by atoms with Crippen molar-refractivity contribution >= 4 is 15.9 Å². The molecule has 31 heavy (non-hydrogen) atoms. The normalized spacial score (nSPS) is 28.0. The predicted molar refractivity (Wildman–Crippen MR) is 106 cm³/mol. The lowest BCUT2D eigenvalue weighted by Gasteiger charge is -2.45. The van der Waals surface area contributed by atoms with E-state index < -0.39 is 48.1 Å². The molecule has 0 spiro atoms. The van der Waals surface area contributed by atoms with Crippen LogP contribution in [0.15, 0.2) is 28.9 Å². The van der Waals surface area contributed by atoms with Gasteiger partial charge in [0, 0.05) is 26.3 Å². The molecule has 1 aromatic heterocycles. The molecule has 1 fully saturated rings. The highest BCUT2D eigenvalue weighted by Crippen LogP contribution is 2.42. The minimum atomic E-state index is -4.81. The summed E-state index contributed by atoms with van der Waals surface area (Å²) >= 11 is 2.95. The minimum Gasteiger partial charge on any atom is -0.391 e. The van der Waals surface area contributed by atoms with E-state index in [0.717, 1.165) is 10.7 Å². The molecule has 1 N–H and O–H groups in total. The van der Waals surface area contributed by atoms with Gasteiger partial charge in [0.25, 0.3) is 0 Å². The average Bonchev–Trinajstić information content (AvgIpc) is 3.17. The molecule has 11 heteroatoms. The highest BCUT2D eigenvalue weighted by molar-refractivity contribution is 9.10. The number of methoxy groups -OCH3 is 2. The molecule has 0 radical (unpaired) electrons. The van der Waals surface area contributed by atoms with Crippen molar-refractivity contribution in [2.75, 3.05) is 14.2 Å². The maximum Gasteiger partial charge on any atom is 0.418 e. The van der Waals surface area contributed by atoms with E-state index in [0.29, 0.717) is 6.07 Å². The van der Waals surface area contributed by atoms with E-state index in [1.807, 2.05) is 6.92 Å². The molecular formula is C20H23BrF4N2O4. The number of aromatic nitrogens is 2. The Bertz CT molecular complexity index is 921. The summed E-state index contributed by atoms with van der Waals surface area (Å²) in [7, 11) is 2.95. The zero-order valence-electron chi connectivity index (χ0n) is 17.2. The van der Waals surface area contributed by atoms with E-state index in [1.54, 1.807) is 6.92 Å². The van der Waals surface area contributed by atoms with Crippen molar-refractivity contribution in [3.8, 4) is 5.69 Å². The first-order valence-electron chi connectivity index (χ1n) is 9.50. The molecule has 1 saturated heterocycles. The van der Waals surface area contributed by atoms with Crippen molar-refractivity contribution in [2.45, 2.75) is 50.5 Å². The van der Waals surface area contributed by atoms with E-state index in [4.69, 9.17) is 14.2 Å². The summed E-state index contributed by atoms with van der Waals surface area (Å²) in [5.41, 5.74) is -1.28. The van der Waals surface area contributed by atoms with Crippen molar-refractivity contribution in [1.82, 2.24) is 9.78 Å². The van der Waals surface area contributed by atoms with Crippen molar-refractivity contribution in [2.24, 2.45) is 5.92 Å². The molecule has 6 nitrogen and oxygen atoms in total. The Kier molecular flexibility index (Phi) is 7.11. The van der Waals surface area contributed by atoms with Crippen LogP contribution in [0.2, 0.25) is 0 Å². The monoisotopic (exact) mass is 510 g/mol. The van der Waals surface area contributed by atoms with Gasteiger partial charge in [0.05, 0.1) is 39.7 Å². The summed E-state index contributed by atoms with van der Waals surface area (Å²) in [6.07, 6.45) is -7.11. The van der Waals surface area contributed by atoms with Gasteiger partial charge in [0.2, 0.25) is 0 Å². The Balaban J connectivity index is 2.14. The Morgan fingerprint density at radius 2 is 1.87 bits per heavy atom. The number of hydrogen-bond donors (Lipinski definition) is 1. The summed E-state index contributed by atoms with van der Waals surface area (Å²) in [6.45, 7) is 3.40. The van der Waals surface area contributed by atoms with Crippen molar-refractivity contribution in [3.05, 3.63) is 45.9 Å². The van der Waals surface area contributed by atoms with Gasteiger partial charge in [-0.3, -0.25) is 0 Å². The number of aliphatic hydroxyl groups is 1. The molecule has 6 atom stereocenters. The van der Waals surface area contributed by atoms with Crippen LogP contribution in [0, 0.1) is 11.7 Å². The van der Waals surface area contributed by atoms with Crippen molar-refractivity contribution in [1.29, 1.82) is 0 Å². The zero-order valence-corrected chi connectivity index (χ0v) is 18.8. The van der Waals surface area contributed by atoms with Gasteiger partial charge < -0.3 is 19.3 Å². The van der Waals surface area contributed by atoms with Gasteiger partial charge in [-0.2, -0.15) is 18.3 Å². The number of ether oxygens (including phenoxy) is 3. The third kappa shape index (κ3) is 4.51. The van der Waals surface area contributed by atoms with Crippen molar-refractivity contribution in [3.63, 3.8) is 0 Å². The van der Waals surface area contributed by atoms with Crippen LogP contribution >= 0.6 is 15.9 Å². The van der Waals surface area contributed by atoms with Gasteiger partial charge in [0.15, 0.2) is 0 Å². The lowest BCUT2D eigenvalue weighted by Crippen LogP contribution is -2.54. The van der Waals surface area contributed by atoms with Crippen LogP contribution in [0.5, 0.6) is 0 Å². The van der Waals surface area contributed by atoms with E-state index in [9.17, 15) is 22.7 Å². The van der Waals surface area contributed by atoms with Gasteiger partial charge in [-0.1, -0.05) is 6.92 Å².